The Hall–Kier alpha value is -1.93. The van der Waals surface area contributed by atoms with Crippen molar-refractivity contribution in [2.75, 3.05) is 22.5 Å². The Morgan fingerprint density at radius 2 is 2.11 bits per heavy atom. The number of aromatic nitrogens is 2. The summed E-state index contributed by atoms with van der Waals surface area (Å²) in [6.07, 6.45) is 0.215. The highest BCUT2D eigenvalue weighted by Gasteiger charge is 2.35. The van der Waals surface area contributed by atoms with E-state index in [1.54, 1.807) is 16.7 Å². The topological polar surface area (TPSA) is 75.2 Å². The van der Waals surface area contributed by atoms with Gasteiger partial charge in [0.05, 0.1) is 5.92 Å². The number of amides is 2. The first-order valence-electron chi connectivity index (χ1n) is 8.98. The highest BCUT2D eigenvalue weighted by Crippen LogP contribution is 2.30. The number of nitrogens with one attached hydrogen (secondary N) is 1. The van der Waals surface area contributed by atoms with Crippen molar-refractivity contribution in [1.82, 2.24) is 10.2 Å². The number of benzene rings is 1. The Kier molecular flexibility index (Phi) is 6.16. The van der Waals surface area contributed by atoms with Gasteiger partial charge in [-0.1, -0.05) is 43.0 Å². The van der Waals surface area contributed by atoms with Crippen LogP contribution in [0.2, 0.25) is 0 Å². The summed E-state index contributed by atoms with van der Waals surface area (Å²) in [6.45, 7) is 8.75. The smallest absolute Gasteiger partial charge is 0.231 e. The Morgan fingerprint density at radius 1 is 1.33 bits per heavy atom. The zero-order chi connectivity index (χ0) is 19.6. The molecule has 27 heavy (non-hydrogen) atoms. The number of hydrogen-bond donors (Lipinski definition) is 1. The van der Waals surface area contributed by atoms with E-state index in [2.05, 4.69) is 29.4 Å². The molecule has 2 heterocycles. The maximum absolute atomic E-state index is 12.6. The van der Waals surface area contributed by atoms with Crippen molar-refractivity contribution in [2.24, 2.45) is 11.8 Å². The molecule has 0 radical (unpaired) electrons. The molecule has 1 unspecified atom stereocenters. The number of nitrogens with zero attached hydrogens (tertiary/aromatic N) is 3. The van der Waals surface area contributed by atoms with Gasteiger partial charge in [0, 0.05) is 24.4 Å². The zero-order valence-electron chi connectivity index (χ0n) is 16.0. The van der Waals surface area contributed by atoms with E-state index in [1.165, 1.54) is 16.9 Å². The van der Waals surface area contributed by atoms with Crippen LogP contribution in [0.25, 0.3) is 0 Å². The van der Waals surface area contributed by atoms with Gasteiger partial charge >= 0.3 is 0 Å². The van der Waals surface area contributed by atoms with Gasteiger partial charge in [-0.05, 0) is 43.0 Å². The third kappa shape index (κ3) is 4.87. The largest absolute Gasteiger partial charge is 0.312 e. The lowest BCUT2D eigenvalue weighted by Crippen LogP contribution is -2.28. The fraction of sp³-hybridized carbons (Fsp3) is 0.474. The lowest BCUT2D eigenvalue weighted by Gasteiger charge is -2.17. The van der Waals surface area contributed by atoms with Crippen molar-refractivity contribution in [3.05, 3.63) is 29.3 Å². The SMILES string of the molecule is Cc1ccc(N2CC(C(=O)Nc3nnc(SCC(C)C)s3)CC2=O)cc1C. The molecule has 8 heteroatoms. The number of rotatable bonds is 6. The van der Waals surface area contributed by atoms with Crippen molar-refractivity contribution in [2.45, 2.75) is 38.5 Å². The Labute approximate surface area is 167 Å². The molecule has 0 spiro atoms. The van der Waals surface area contributed by atoms with E-state index in [4.69, 9.17) is 0 Å². The zero-order valence-corrected chi connectivity index (χ0v) is 17.6. The molecule has 1 saturated heterocycles. The Morgan fingerprint density at radius 3 is 2.81 bits per heavy atom. The molecule has 1 fully saturated rings. The van der Waals surface area contributed by atoms with Crippen molar-refractivity contribution in [3.8, 4) is 0 Å². The van der Waals surface area contributed by atoms with E-state index in [-0.39, 0.29) is 24.2 Å². The molecule has 1 aliphatic heterocycles. The van der Waals surface area contributed by atoms with Crippen LogP contribution >= 0.6 is 23.1 Å². The molecule has 2 amide bonds. The summed E-state index contributed by atoms with van der Waals surface area (Å²) in [4.78, 5) is 26.7. The normalized spacial score (nSPS) is 17.0. The van der Waals surface area contributed by atoms with E-state index >= 15 is 0 Å². The number of hydrogen-bond acceptors (Lipinski definition) is 6. The van der Waals surface area contributed by atoms with E-state index < -0.39 is 0 Å². The summed E-state index contributed by atoms with van der Waals surface area (Å²) in [5.74, 6) is 0.952. The maximum atomic E-state index is 12.6. The minimum absolute atomic E-state index is 0.0242. The number of carbonyl (C=O) groups is 2. The molecular formula is C19H24N4O2S2. The third-order valence-electron chi connectivity index (χ3n) is 4.47. The summed E-state index contributed by atoms with van der Waals surface area (Å²) >= 11 is 3.01. The van der Waals surface area contributed by atoms with Crippen molar-refractivity contribution in [1.29, 1.82) is 0 Å². The van der Waals surface area contributed by atoms with Gasteiger partial charge in [-0.2, -0.15) is 0 Å². The molecule has 1 atom stereocenters. The van der Waals surface area contributed by atoms with Crippen LogP contribution in [0.5, 0.6) is 0 Å². The highest BCUT2D eigenvalue weighted by atomic mass is 32.2. The van der Waals surface area contributed by atoms with Gasteiger partial charge in [-0.15, -0.1) is 10.2 Å². The summed E-state index contributed by atoms with van der Waals surface area (Å²) in [7, 11) is 0. The van der Waals surface area contributed by atoms with Crippen LogP contribution in [-0.2, 0) is 9.59 Å². The molecule has 0 bridgehead atoms. The van der Waals surface area contributed by atoms with E-state index in [0.29, 0.717) is 17.6 Å². The monoisotopic (exact) mass is 404 g/mol. The molecule has 1 aromatic heterocycles. The molecular weight excluding hydrogens is 380 g/mol. The molecule has 2 aromatic rings. The van der Waals surface area contributed by atoms with Gasteiger partial charge in [0.25, 0.3) is 0 Å². The molecule has 144 valence electrons. The van der Waals surface area contributed by atoms with Crippen molar-refractivity contribution in [3.63, 3.8) is 0 Å². The van der Waals surface area contributed by atoms with Crippen molar-refractivity contribution < 1.29 is 9.59 Å². The molecule has 1 aliphatic rings. The summed E-state index contributed by atoms with van der Waals surface area (Å²) in [5, 5.41) is 11.5. The van der Waals surface area contributed by atoms with Crippen LogP contribution < -0.4 is 10.2 Å². The first-order chi connectivity index (χ1) is 12.8. The predicted molar refractivity (Wildman–Crippen MR) is 110 cm³/mol. The molecule has 0 aliphatic carbocycles. The average molecular weight is 405 g/mol. The second-order valence-corrected chi connectivity index (χ2v) is 9.49. The minimum atomic E-state index is -0.380. The number of thioether (sulfide) groups is 1. The molecule has 6 nitrogen and oxygen atoms in total. The third-order valence-corrected chi connectivity index (χ3v) is 6.87. The van der Waals surface area contributed by atoms with Gasteiger partial charge < -0.3 is 10.2 Å². The van der Waals surface area contributed by atoms with Gasteiger partial charge in [-0.25, -0.2) is 0 Å². The summed E-state index contributed by atoms with van der Waals surface area (Å²) in [5.41, 5.74) is 3.16. The van der Waals surface area contributed by atoms with Gasteiger partial charge in [0.2, 0.25) is 16.9 Å². The summed E-state index contributed by atoms with van der Waals surface area (Å²) < 4.78 is 0.846. The van der Waals surface area contributed by atoms with E-state index in [9.17, 15) is 9.59 Å². The van der Waals surface area contributed by atoms with Crippen LogP contribution in [0.3, 0.4) is 0 Å². The Bertz CT molecular complexity index is 850. The summed E-state index contributed by atoms with van der Waals surface area (Å²) in [6, 6.07) is 5.93. The van der Waals surface area contributed by atoms with Crippen LogP contribution in [0.1, 0.15) is 31.4 Å². The second-order valence-electron chi connectivity index (χ2n) is 7.24. The van der Waals surface area contributed by atoms with Crippen LogP contribution in [0, 0.1) is 25.7 Å². The number of anilines is 2. The fourth-order valence-electron chi connectivity index (χ4n) is 2.79. The average Bonchev–Trinajstić information content (AvgIpc) is 3.22. The second kappa shape index (κ2) is 8.39. The highest BCUT2D eigenvalue weighted by molar-refractivity contribution is 8.01. The molecule has 0 saturated carbocycles. The predicted octanol–water partition coefficient (Wildman–Crippen LogP) is 3.89. The first-order valence-corrected chi connectivity index (χ1v) is 10.8. The minimum Gasteiger partial charge on any atom is -0.312 e. The van der Waals surface area contributed by atoms with Gasteiger partial charge in [0.1, 0.15) is 0 Å². The van der Waals surface area contributed by atoms with Crippen LogP contribution in [-0.4, -0.2) is 34.3 Å². The number of carbonyl (C=O) groups excluding carboxylic acids is 2. The van der Waals surface area contributed by atoms with E-state index in [0.717, 1.165) is 21.3 Å². The molecule has 1 N–H and O–H groups in total. The van der Waals surface area contributed by atoms with Crippen LogP contribution in [0.15, 0.2) is 22.5 Å². The van der Waals surface area contributed by atoms with Gasteiger partial charge in [-0.3, -0.25) is 9.59 Å². The maximum Gasteiger partial charge on any atom is 0.231 e. The first kappa shape index (κ1) is 19.8. The van der Waals surface area contributed by atoms with Crippen molar-refractivity contribution >= 4 is 45.7 Å². The standard InChI is InChI=1S/C19H24N4O2S2/c1-11(2)10-26-19-22-21-18(27-19)20-17(25)14-8-16(24)23(9-14)15-6-5-12(3)13(4)7-15/h5-7,11,14H,8-10H2,1-4H3,(H,20,21,25). The Balaban J connectivity index is 1.61. The number of aryl methyl sites for hydroxylation is 2. The molecule has 1 aromatic carbocycles. The lowest BCUT2D eigenvalue weighted by molar-refractivity contribution is -0.122. The fourth-order valence-corrected chi connectivity index (χ4v) is 4.52. The van der Waals surface area contributed by atoms with E-state index in [1.807, 2.05) is 32.0 Å². The van der Waals surface area contributed by atoms with Gasteiger partial charge in [0.15, 0.2) is 4.34 Å². The molecule has 3 rings (SSSR count). The quantitative estimate of drug-likeness (QED) is 0.584. The van der Waals surface area contributed by atoms with Crippen LogP contribution in [0.4, 0.5) is 10.8 Å². The lowest BCUT2D eigenvalue weighted by atomic mass is 10.1.